The number of aromatic nitrogens is 2. The Hall–Kier alpha value is -2.84. The highest BCUT2D eigenvalue weighted by molar-refractivity contribution is 7.99. The van der Waals surface area contributed by atoms with Gasteiger partial charge in [0.1, 0.15) is 0 Å². The number of halogens is 1. The third-order valence-electron chi connectivity index (χ3n) is 5.66. The van der Waals surface area contributed by atoms with Crippen molar-refractivity contribution in [3.63, 3.8) is 0 Å². The van der Waals surface area contributed by atoms with Gasteiger partial charge in [-0.25, -0.2) is 4.98 Å². The Labute approximate surface area is 201 Å². The summed E-state index contributed by atoms with van der Waals surface area (Å²) < 4.78 is 1.59. The zero-order valence-electron chi connectivity index (χ0n) is 18.4. The van der Waals surface area contributed by atoms with E-state index in [0.29, 0.717) is 71.5 Å². The van der Waals surface area contributed by atoms with Crippen LogP contribution >= 0.6 is 23.4 Å². The minimum atomic E-state index is -0.148. The summed E-state index contributed by atoms with van der Waals surface area (Å²) in [6, 6.07) is 14.4. The topological polar surface area (TPSA) is 75.5 Å². The van der Waals surface area contributed by atoms with Gasteiger partial charge in [-0.2, -0.15) is 0 Å². The summed E-state index contributed by atoms with van der Waals surface area (Å²) in [5, 5.41) is 1.66. The lowest BCUT2D eigenvalue weighted by atomic mass is 10.2. The van der Waals surface area contributed by atoms with E-state index in [1.807, 2.05) is 29.2 Å². The monoisotopic (exact) mass is 484 g/mol. The lowest BCUT2D eigenvalue weighted by molar-refractivity contribution is -0.138. The van der Waals surface area contributed by atoms with Gasteiger partial charge < -0.3 is 9.80 Å². The van der Waals surface area contributed by atoms with Crippen molar-refractivity contribution in [3.8, 4) is 5.69 Å². The number of thioether (sulfide) groups is 1. The van der Waals surface area contributed by atoms with Gasteiger partial charge in [-0.05, 0) is 36.8 Å². The molecule has 0 saturated carbocycles. The van der Waals surface area contributed by atoms with Gasteiger partial charge in [0.2, 0.25) is 11.8 Å². The number of benzene rings is 2. The Bertz CT molecular complexity index is 1240. The third-order valence-corrected chi connectivity index (χ3v) is 6.92. The third kappa shape index (κ3) is 5.39. The van der Waals surface area contributed by atoms with E-state index in [9.17, 15) is 14.4 Å². The van der Waals surface area contributed by atoms with Crippen molar-refractivity contribution in [2.24, 2.45) is 0 Å². The molecule has 4 rings (SSSR count). The fourth-order valence-corrected chi connectivity index (χ4v) is 5.00. The molecule has 0 unspecified atom stereocenters. The van der Waals surface area contributed by atoms with Crippen LogP contribution in [0.1, 0.15) is 19.8 Å². The molecule has 33 heavy (non-hydrogen) atoms. The van der Waals surface area contributed by atoms with Crippen molar-refractivity contribution in [2.75, 3.05) is 31.9 Å². The quantitative estimate of drug-likeness (QED) is 0.303. The molecule has 1 fully saturated rings. The second kappa shape index (κ2) is 10.4. The summed E-state index contributed by atoms with van der Waals surface area (Å²) in [5.74, 6) is 0.787. The van der Waals surface area contributed by atoms with Crippen LogP contribution < -0.4 is 5.56 Å². The molecule has 0 aliphatic carbocycles. The van der Waals surface area contributed by atoms with Crippen LogP contribution in [0.15, 0.2) is 58.5 Å². The molecule has 0 atom stereocenters. The fraction of sp³-hybridized carbons (Fsp3) is 0.333. The van der Waals surface area contributed by atoms with Crippen LogP contribution in [0.25, 0.3) is 16.6 Å². The molecule has 2 heterocycles. The minimum absolute atomic E-state index is 0.0483. The number of fused-ring (bicyclic) bond motifs is 1. The van der Waals surface area contributed by atoms with Gasteiger partial charge >= 0.3 is 0 Å². The first kappa shape index (κ1) is 23.3. The number of nitrogens with zero attached hydrogens (tertiary/aromatic N) is 4. The van der Waals surface area contributed by atoms with Crippen LogP contribution in [0, 0.1) is 0 Å². The second-order valence-corrected chi connectivity index (χ2v) is 9.37. The standard InChI is InChI=1S/C24H25ClN4O3S/c1-17(30)27-11-13-28(14-12-27)22(31)10-5-15-33-24-26-21-9-3-2-8-20(21)23(32)29(24)19-7-4-6-18(25)16-19/h2-4,6-9,16H,5,10-15H2,1H3. The Morgan fingerprint density at radius 2 is 1.76 bits per heavy atom. The number of rotatable bonds is 6. The Morgan fingerprint density at radius 3 is 2.48 bits per heavy atom. The number of amides is 2. The van der Waals surface area contributed by atoms with Crippen molar-refractivity contribution in [3.05, 3.63) is 63.9 Å². The molecule has 3 aromatic rings. The lowest BCUT2D eigenvalue weighted by Crippen LogP contribution is -2.50. The molecule has 2 amide bonds. The highest BCUT2D eigenvalue weighted by atomic mass is 35.5. The van der Waals surface area contributed by atoms with E-state index < -0.39 is 0 Å². The zero-order valence-corrected chi connectivity index (χ0v) is 19.9. The molecule has 0 radical (unpaired) electrons. The molecule has 9 heteroatoms. The molecule has 0 N–H and O–H groups in total. The molecular formula is C24H25ClN4O3S. The molecule has 0 spiro atoms. The van der Waals surface area contributed by atoms with Crippen LogP contribution in [-0.2, 0) is 9.59 Å². The second-order valence-electron chi connectivity index (χ2n) is 7.87. The maximum absolute atomic E-state index is 13.3. The average molecular weight is 485 g/mol. The molecule has 7 nitrogen and oxygen atoms in total. The maximum atomic E-state index is 13.3. The smallest absolute Gasteiger partial charge is 0.266 e. The number of hydrogen-bond acceptors (Lipinski definition) is 5. The largest absolute Gasteiger partial charge is 0.339 e. The average Bonchev–Trinajstić information content (AvgIpc) is 2.82. The molecule has 2 aromatic carbocycles. The lowest BCUT2D eigenvalue weighted by Gasteiger charge is -2.34. The number of piperazine rings is 1. The molecule has 0 bridgehead atoms. The van der Waals surface area contributed by atoms with E-state index in [0.717, 1.165) is 0 Å². The van der Waals surface area contributed by atoms with Gasteiger partial charge in [-0.3, -0.25) is 19.0 Å². The first-order chi connectivity index (χ1) is 15.9. The normalized spacial score (nSPS) is 14.0. The van der Waals surface area contributed by atoms with Gasteiger partial charge in [0.05, 0.1) is 16.6 Å². The molecular weight excluding hydrogens is 460 g/mol. The van der Waals surface area contributed by atoms with Gasteiger partial charge in [0, 0.05) is 50.3 Å². The van der Waals surface area contributed by atoms with E-state index in [1.54, 1.807) is 40.7 Å². The van der Waals surface area contributed by atoms with Gasteiger partial charge in [-0.15, -0.1) is 0 Å². The summed E-state index contributed by atoms with van der Waals surface area (Å²) in [5.41, 5.74) is 1.15. The zero-order chi connectivity index (χ0) is 23.4. The predicted octanol–water partition coefficient (Wildman–Crippen LogP) is 3.60. The van der Waals surface area contributed by atoms with Gasteiger partial charge in [0.25, 0.3) is 5.56 Å². The van der Waals surface area contributed by atoms with Crippen molar-refractivity contribution < 1.29 is 9.59 Å². The molecule has 1 aliphatic rings. The van der Waals surface area contributed by atoms with Gasteiger partial charge in [-0.1, -0.05) is 41.6 Å². The van der Waals surface area contributed by atoms with Crippen LogP contribution in [0.4, 0.5) is 0 Å². The molecule has 1 aliphatic heterocycles. The summed E-state index contributed by atoms with van der Waals surface area (Å²) in [6.45, 7) is 3.88. The first-order valence-electron chi connectivity index (χ1n) is 10.9. The summed E-state index contributed by atoms with van der Waals surface area (Å²) in [7, 11) is 0. The van der Waals surface area contributed by atoms with Gasteiger partial charge in [0.15, 0.2) is 5.16 Å². The summed E-state index contributed by atoms with van der Waals surface area (Å²) in [6.07, 6.45) is 1.08. The van der Waals surface area contributed by atoms with E-state index >= 15 is 0 Å². The van der Waals surface area contributed by atoms with E-state index in [-0.39, 0.29) is 17.4 Å². The van der Waals surface area contributed by atoms with E-state index in [1.165, 1.54) is 11.8 Å². The summed E-state index contributed by atoms with van der Waals surface area (Å²) in [4.78, 5) is 45.6. The molecule has 172 valence electrons. The predicted molar refractivity (Wildman–Crippen MR) is 131 cm³/mol. The minimum Gasteiger partial charge on any atom is -0.339 e. The van der Waals surface area contributed by atoms with Crippen LogP contribution in [-0.4, -0.2) is 63.1 Å². The van der Waals surface area contributed by atoms with Crippen LogP contribution in [0.3, 0.4) is 0 Å². The van der Waals surface area contributed by atoms with Crippen LogP contribution in [0.2, 0.25) is 5.02 Å². The summed E-state index contributed by atoms with van der Waals surface area (Å²) >= 11 is 7.63. The Kier molecular flexibility index (Phi) is 7.35. The molecule has 1 aromatic heterocycles. The van der Waals surface area contributed by atoms with E-state index in [2.05, 4.69) is 0 Å². The number of para-hydroxylation sites is 1. The fourth-order valence-electron chi connectivity index (χ4n) is 3.87. The first-order valence-corrected chi connectivity index (χ1v) is 12.2. The SMILES string of the molecule is CC(=O)N1CCN(C(=O)CCCSc2nc3ccccc3c(=O)n2-c2cccc(Cl)c2)CC1. The highest BCUT2D eigenvalue weighted by Crippen LogP contribution is 2.24. The Morgan fingerprint density at radius 1 is 1.03 bits per heavy atom. The van der Waals surface area contributed by atoms with Crippen LogP contribution in [0.5, 0.6) is 0 Å². The molecule has 1 saturated heterocycles. The van der Waals surface area contributed by atoms with E-state index in [4.69, 9.17) is 16.6 Å². The number of carbonyl (C=O) groups excluding carboxylic acids is 2. The number of hydrogen-bond donors (Lipinski definition) is 0. The number of carbonyl (C=O) groups is 2. The van der Waals surface area contributed by atoms with Crippen molar-refractivity contribution in [1.29, 1.82) is 0 Å². The Balaban J connectivity index is 1.45. The maximum Gasteiger partial charge on any atom is 0.266 e. The van der Waals surface area contributed by atoms with Crippen molar-refractivity contribution in [2.45, 2.75) is 24.9 Å². The van der Waals surface area contributed by atoms with Crippen molar-refractivity contribution in [1.82, 2.24) is 19.4 Å². The highest BCUT2D eigenvalue weighted by Gasteiger charge is 2.22. The van der Waals surface area contributed by atoms with Crippen molar-refractivity contribution >= 4 is 46.1 Å².